The third kappa shape index (κ3) is 2.32. The Labute approximate surface area is 76.8 Å². The minimum atomic E-state index is -0.0167. The molecule has 1 rings (SSSR count). The molecule has 0 aliphatic heterocycles. The molecule has 0 fully saturated rings. The Balaban J connectivity index is 2.86. The molecule has 0 aliphatic rings. The van der Waals surface area contributed by atoms with Gasteiger partial charge in [-0.05, 0) is 17.1 Å². The maximum atomic E-state index is 2.35. The highest BCUT2D eigenvalue weighted by atomic mass is 31.1. The quantitative estimate of drug-likeness (QED) is 0.582. The summed E-state index contributed by atoms with van der Waals surface area (Å²) in [6.07, 6.45) is 0. The van der Waals surface area contributed by atoms with E-state index in [0.29, 0.717) is 5.16 Å². The molecule has 1 unspecified atom stereocenters. The summed E-state index contributed by atoms with van der Waals surface area (Å²) in [5.41, 5.74) is 0. The third-order valence-electron chi connectivity index (χ3n) is 2.15. The summed E-state index contributed by atoms with van der Waals surface area (Å²) in [5, 5.41) is 1.93. The molecule has 66 valence electrons. The zero-order chi connectivity index (χ0) is 9.19. The number of benzene rings is 1. The predicted octanol–water partition coefficient (Wildman–Crippen LogP) is 3.22. The Bertz CT molecular complexity index is 233. The highest BCUT2D eigenvalue weighted by Gasteiger charge is 2.20. The first-order valence-electron chi connectivity index (χ1n) is 4.31. The zero-order valence-electron chi connectivity index (χ0n) is 8.33. The van der Waals surface area contributed by atoms with E-state index >= 15 is 0 Å². The lowest BCUT2D eigenvalue weighted by atomic mass is 10.3. The molecule has 0 amide bonds. The van der Waals surface area contributed by atoms with E-state index in [-0.39, 0.29) is 7.92 Å². The summed E-state index contributed by atoms with van der Waals surface area (Å²) in [6.45, 7) is 9.29. The first-order chi connectivity index (χ1) is 5.52. The highest BCUT2D eigenvalue weighted by molar-refractivity contribution is 7.66. The molecule has 0 aromatic heterocycles. The Kier molecular flexibility index (Phi) is 2.90. The summed E-state index contributed by atoms with van der Waals surface area (Å²) in [4.78, 5) is 0. The van der Waals surface area contributed by atoms with Crippen LogP contribution in [0.1, 0.15) is 20.8 Å². The van der Waals surface area contributed by atoms with Crippen molar-refractivity contribution >= 4 is 13.2 Å². The van der Waals surface area contributed by atoms with E-state index < -0.39 is 0 Å². The van der Waals surface area contributed by atoms with Gasteiger partial charge in [-0.15, -0.1) is 0 Å². The van der Waals surface area contributed by atoms with Crippen molar-refractivity contribution in [2.24, 2.45) is 0 Å². The van der Waals surface area contributed by atoms with E-state index in [0.717, 1.165) is 0 Å². The van der Waals surface area contributed by atoms with Crippen LogP contribution >= 0.6 is 7.92 Å². The van der Waals surface area contributed by atoms with Crippen molar-refractivity contribution < 1.29 is 0 Å². The molecule has 0 saturated carbocycles. The zero-order valence-corrected chi connectivity index (χ0v) is 9.23. The topological polar surface area (TPSA) is 0 Å². The Morgan fingerprint density at radius 3 is 1.92 bits per heavy atom. The SMILES string of the molecule is CP(c1ccccc1)C(C)(C)C. The van der Waals surface area contributed by atoms with Gasteiger partial charge in [-0.25, -0.2) is 0 Å². The maximum Gasteiger partial charge on any atom is -0.0142 e. The summed E-state index contributed by atoms with van der Waals surface area (Å²) < 4.78 is 0. The Morgan fingerprint density at radius 1 is 1.00 bits per heavy atom. The van der Waals surface area contributed by atoms with E-state index in [4.69, 9.17) is 0 Å². The van der Waals surface area contributed by atoms with Crippen molar-refractivity contribution in [3.05, 3.63) is 30.3 Å². The molecule has 0 nitrogen and oxygen atoms in total. The first kappa shape index (κ1) is 9.74. The van der Waals surface area contributed by atoms with E-state index in [1.54, 1.807) is 0 Å². The summed E-state index contributed by atoms with van der Waals surface area (Å²) in [6, 6.07) is 10.8. The van der Waals surface area contributed by atoms with Gasteiger partial charge in [0.05, 0.1) is 0 Å². The van der Waals surface area contributed by atoms with Gasteiger partial charge in [0.25, 0.3) is 0 Å². The number of rotatable bonds is 1. The van der Waals surface area contributed by atoms with E-state index in [2.05, 4.69) is 57.8 Å². The fraction of sp³-hybridized carbons (Fsp3) is 0.455. The molecule has 0 bridgehead atoms. The molecule has 0 aliphatic carbocycles. The second kappa shape index (κ2) is 3.58. The van der Waals surface area contributed by atoms with Crippen molar-refractivity contribution in [3.8, 4) is 0 Å². The minimum absolute atomic E-state index is 0.0167. The van der Waals surface area contributed by atoms with Crippen LogP contribution in [0, 0.1) is 0 Å². The molecule has 1 aromatic carbocycles. The van der Waals surface area contributed by atoms with E-state index in [9.17, 15) is 0 Å². The van der Waals surface area contributed by atoms with Gasteiger partial charge in [0.1, 0.15) is 0 Å². The predicted molar refractivity (Wildman–Crippen MR) is 58.7 cm³/mol. The van der Waals surface area contributed by atoms with Crippen molar-refractivity contribution in [3.63, 3.8) is 0 Å². The van der Waals surface area contributed by atoms with Gasteiger partial charge < -0.3 is 0 Å². The van der Waals surface area contributed by atoms with Gasteiger partial charge in [0, 0.05) is 0 Å². The number of hydrogen-bond donors (Lipinski definition) is 0. The van der Waals surface area contributed by atoms with Crippen molar-refractivity contribution in [1.29, 1.82) is 0 Å². The molecule has 0 saturated heterocycles. The molecule has 1 aromatic rings. The van der Waals surface area contributed by atoms with Gasteiger partial charge >= 0.3 is 0 Å². The largest absolute Gasteiger partial charge is 0.0730 e. The Morgan fingerprint density at radius 2 is 1.50 bits per heavy atom. The van der Waals surface area contributed by atoms with E-state index in [1.807, 2.05) is 0 Å². The molecule has 0 radical (unpaired) electrons. The second-order valence-corrected chi connectivity index (χ2v) is 7.04. The van der Waals surface area contributed by atoms with Gasteiger partial charge in [0.2, 0.25) is 0 Å². The fourth-order valence-corrected chi connectivity index (χ4v) is 2.43. The standard InChI is InChI=1S/C11H17P/c1-11(2,3)12(4)10-8-6-5-7-9-10/h5-9H,1-4H3. The molecular weight excluding hydrogens is 163 g/mol. The molecule has 0 spiro atoms. The molecule has 0 N–H and O–H groups in total. The van der Waals surface area contributed by atoms with Crippen LogP contribution in [-0.2, 0) is 0 Å². The van der Waals surface area contributed by atoms with Crippen LogP contribution in [0.5, 0.6) is 0 Å². The molecular formula is C11H17P. The fourth-order valence-electron chi connectivity index (χ4n) is 1.04. The molecule has 1 heteroatoms. The Hall–Kier alpha value is -0.350. The summed E-state index contributed by atoms with van der Waals surface area (Å²) >= 11 is 0. The highest BCUT2D eigenvalue weighted by Crippen LogP contribution is 2.44. The van der Waals surface area contributed by atoms with Crippen LogP contribution in [0.2, 0.25) is 0 Å². The average Bonchev–Trinajstić information content (AvgIpc) is 2.03. The number of hydrogen-bond acceptors (Lipinski definition) is 0. The molecule has 1 atom stereocenters. The lowest BCUT2D eigenvalue weighted by molar-refractivity contribution is 0.791. The monoisotopic (exact) mass is 180 g/mol. The minimum Gasteiger partial charge on any atom is -0.0730 e. The van der Waals surface area contributed by atoms with Gasteiger partial charge in [0.15, 0.2) is 0 Å². The van der Waals surface area contributed by atoms with Crippen LogP contribution in [0.25, 0.3) is 0 Å². The third-order valence-corrected chi connectivity index (χ3v) is 5.23. The lowest BCUT2D eigenvalue weighted by Gasteiger charge is -2.28. The normalized spacial score (nSPS) is 14.3. The lowest BCUT2D eigenvalue weighted by Crippen LogP contribution is -2.17. The van der Waals surface area contributed by atoms with Crippen molar-refractivity contribution in [1.82, 2.24) is 0 Å². The first-order valence-corrected chi connectivity index (χ1v) is 6.09. The molecule has 0 heterocycles. The van der Waals surface area contributed by atoms with Crippen LogP contribution in [-0.4, -0.2) is 11.8 Å². The van der Waals surface area contributed by atoms with Crippen molar-refractivity contribution in [2.45, 2.75) is 25.9 Å². The van der Waals surface area contributed by atoms with Crippen LogP contribution in [0.4, 0.5) is 0 Å². The summed E-state index contributed by atoms with van der Waals surface area (Å²) in [7, 11) is -0.0167. The second-order valence-electron chi connectivity index (χ2n) is 4.07. The van der Waals surface area contributed by atoms with E-state index in [1.165, 1.54) is 5.30 Å². The molecule has 12 heavy (non-hydrogen) atoms. The van der Waals surface area contributed by atoms with Gasteiger partial charge in [-0.3, -0.25) is 0 Å². The van der Waals surface area contributed by atoms with Crippen LogP contribution < -0.4 is 5.30 Å². The van der Waals surface area contributed by atoms with Crippen LogP contribution in [0.3, 0.4) is 0 Å². The van der Waals surface area contributed by atoms with Crippen molar-refractivity contribution in [2.75, 3.05) is 6.66 Å². The van der Waals surface area contributed by atoms with Crippen LogP contribution in [0.15, 0.2) is 30.3 Å². The smallest absolute Gasteiger partial charge is 0.0142 e. The average molecular weight is 180 g/mol. The maximum absolute atomic E-state index is 2.35. The van der Waals surface area contributed by atoms with Gasteiger partial charge in [-0.1, -0.05) is 59.0 Å². The summed E-state index contributed by atoms with van der Waals surface area (Å²) in [5.74, 6) is 0. The van der Waals surface area contributed by atoms with Gasteiger partial charge in [-0.2, -0.15) is 0 Å².